The van der Waals surface area contributed by atoms with Crippen LogP contribution in [0.4, 0.5) is 10.1 Å². The average molecular weight is 339 g/mol. The van der Waals surface area contributed by atoms with Crippen LogP contribution in [0.1, 0.15) is 24.3 Å². The number of carbonyl (C=O) groups is 1. The molecule has 1 aromatic heterocycles. The highest BCUT2D eigenvalue weighted by atomic mass is 19.1. The molecule has 0 spiro atoms. The van der Waals surface area contributed by atoms with Gasteiger partial charge in [0.2, 0.25) is 0 Å². The maximum Gasteiger partial charge on any atom is 0.279 e. The zero-order chi connectivity index (χ0) is 18.0. The van der Waals surface area contributed by atoms with Crippen molar-refractivity contribution in [3.63, 3.8) is 0 Å². The van der Waals surface area contributed by atoms with Crippen molar-refractivity contribution in [3.05, 3.63) is 70.4 Å². The molecule has 2 aromatic carbocycles. The number of rotatable bonds is 4. The Morgan fingerprint density at radius 2 is 1.72 bits per heavy atom. The first-order valence-electron chi connectivity index (χ1n) is 8.14. The fourth-order valence-electron chi connectivity index (χ4n) is 2.80. The molecule has 0 saturated carbocycles. The number of benzene rings is 2. The second-order valence-corrected chi connectivity index (χ2v) is 5.54. The Balaban J connectivity index is 2.17. The molecule has 0 fully saturated rings. The van der Waals surface area contributed by atoms with Gasteiger partial charge in [0, 0.05) is 24.2 Å². The molecule has 0 bridgehead atoms. The first-order chi connectivity index (χ1) is 12.1. The number of aromatic nitrogens is 2. The van der Waals surface area contributed by atoms with Crippen LogP contribution in [0, 0.1) is 5.82 Å². The van der Waals surface area contributed by atoms with E-state index in [1.807, 2.05) is 6.92 Å². The maximum atomic E-state index is 13.2. The molecule has 0 unspecified atom stereocenters. The third-order valence-corrected chi connectivity index (χ3v) is 4.07. The summed E-state index contributed by atoms with van der Waals surface area (Å²) in [6, 6.07) is 12.7. The minimum absolute atomic E-state index is 0.211. The van der Waals surface area contributed by atoms with Crippen molar-refractivity contribution < 1.29 is 9.18 Å². The molecular weight excluding hydrogens is 321 g/mol. The van der Waals surface area contributed by atoms with Gasteiger partial charge in [0.15, 0.2) is 5.69 Å². The van der Waals surface area contributed by atoms with Crippen molar-refractivity contribution in [1.82, 2.24) is 9.78 Å². The van der Waals surface area contributed by atoms with E-state index in [1.165, 1.54) is 21.7 Å². The Kier molecular flexibility index (Phi) is 4.61. The van der Waals surface area contributed by atoms with Crippen LogP contribution in [0.15, 0.2) is 53.3 Å². The summed E-state index contributed by atoms with van der Waals surface area (Å²) in [6.45, 7) is 4.40. The van der Waals surface area contributed by atoms with E-state index < -0.39 is 0 Å². The lowest BCUT2D eigenvalue weighted by Gasteiger charge is -2.21. The lowest BCUT2D eigenvalue weighted by Crippen LogP contribution is -2.34. The molecule has 0 aliphatic carbocycles. The Morgan fingerprint density at radius 3 is 2.32 bits per heavy atom. The SMILES string of the molecule is CCN(C(=O)c1nn(CC)c(=O)c2ccccc12)c1ccc(F)cc1. The van der Waals surface area contributed by atoms with E-state index in [-0.39, 0.29) is 23.0 Å². The number of halogens is 1. The Morgan fingerprint density at radius 1 is 1.08 bits per heavy atom. The van der Waals surface area contributed by atoms with Gasteiger partial charge in [-0.2, -0.15) is 5.10 Å². The summed E-state index contributed by atoms with van der Waals surface area (Å²) in [6.07, 6.45) is 0. The molecule has 0 aliphatic heterocycles. The first kappa shape index (κ1) is 16.8. The van der Waals surface area contributed by atoms with Gasteiger partial charge >= 0.3 is 0 Å². The highest BCUT2D eigenvalue weighted by molar-refractivity contribution is 6.12. The normalized spacial score (nSPS) is 10.8. The smallest absolute Gasteiger partial charge is 0.279 e. The van der Waals surface area contributed by atoms with Crippen LogP contribution in [0.25, 0.3) is 10.8 Å². The zero-order valence-corrected chi connectivity index (χ0v) is 14.1. The molecule has 5 nitrogen and oxygen atoms in total. The summed E-state index contributed by atoms with van der Waals surface area (Å²) in [7, 11) is 0. The topological polar surface area (TPSA) is 55.2 Å². The van der Waals surface area contributed by atoms with Crippen molar-refractivity contribution in [2.75, 3.05) is 11.4 Å². The number of hydrogen-bond acceptors (Lipinski definition) is 3. The maximum absolute atomic E-state index is 13.2. The lowest BCUT2D eigenvalue weighted by molar-refractivity contribution is 0.0983. The molecule has 0 N–H and O–H groups in total. The third-order valence-electron chi connectivity index (χ3n) is 4.07. The van der Waals surface area contributed by atoms with Crippen molar-refractivity contribution >= 4 is 22.4 Å². The van der Waals surface area contributed by atoms with Crippen molar-refractivity contribution in [2.45, 2.75) is 20.4 Å². The number of carbonyl (C=O) groups excluding carboxylic acids is 1. The van der Waals surface area contributed by atoms with Gasteiger partial charge in [0.1, 0.15) is 5.82 Å². The molecule has 25 heavy (non-hydrogen) atoms. The van der Waals surface area contributed by atoms with Crippen LogP contribution in [0.5, 0.6) is 0 Å². The summed E-state index contributed by atoms with van der Waals surface area (Å²) in [5, 5.41) is 5.24. The molecule has 3 rings (SSSR count). The van der Waals surface area contributed by atoms with E-state index in [0.717, 1.165) is 0 Å². The minimum atomic E-state index is -0.365. The van der Waals surface area contributed by atoms with E-state index in [1.54, 1.807) is 43.3 Å². The van der Waals surface area contributed by atoms with Crippen LogP contribution in [0.2, 0.25) is 0 Å². The molecular formula is C19H18FN3O2. The molecule has 0 aliphatic rings. The Bertz CT molecular complexity index is 980. The Hall–Kier alpha value is -3.02. The largest absolute Gasteiger partial charge is 0.307 e. The monoisotopic (exact) mass is 339 g/mol. The second-order valence-electron chi connectivity index (χ2n) is 5.54. The summed E-state index contributed by atoms with van der Waals surface area (Å²) >= 11 is 0. The molecule has 3 aromatic rings. The lowest BCUT2D eigenvalue weighted by atomic mass is 10.1. The number of anilines is 1. The fourth-order valence-corrected chi connectivity index (χ4v) is 2.80. The van der Waals surface area contributed by atoms with Crippen molar-refractivity contribution in [2.24, 2.45) is 0 Å². The van der Waals surface area contributed by atoms with Crippen molar-refractivity contribution in [1.29, 1.82) is 0 Å². The number of fused-ring (bicyclic) bond motifs is 1. The third kappa shape index (κ3) is 3.03. The van der Waals surface area contributed by atoms with Gasteiger partial charge in [-0.25, -0.2) is 9.07 Å². The van der Waals surface area contributed by atoms with Crippen LogP contribution < -0.4 is 10.5 Å². The minimum Gasteiger partial charge on any atom is -0.307 e. The molecule has 1 heterocycles. The van der Waals surface area contributed by atoms with Crippen molar-refractivity contribution in [3.8, 4) is 0 Å². The number of hydrogen-bond donors (Lipinski definition) is 0. The van der Waals surface area contributed by atoms with Crippen LogP contribution in [0.3, 0.4) is 0 Å². The second kappa shape index (κ2) is 6.84. The van der Waals surface area contributed by atoms with Crippen LogP contribution >= 0.6 is 0 Å². The molecule has 0 radical (unpaired) electrons. The quantitative estimate of drug-likeness (QED) is 0.733. The van der Waals surface area contributed by atoms with Gasteiger partial charge in [-0.15, -0.1) is 0 Å². The standard InChI is InChI=1S/C19H18FN3O2/c1-3-22(14-11-9-13(20)10-12-14)19(25)17-15-7-5-6-8-16(15)18(24)23(4-2)21-17/h5-12H,3-4H2,1-2H3. The van der Waals surface area contributed by atoms with Gasteiger partial charge in [-0.3, -0.25) is 9.59 Å². The van der Waals surface area contributed by atoms with Crippen LogP contribution in [-0.2, 0) is 6.54 Å². The summed E-state index contributed by atoms with van der Waals surface area (Å²) in [4.78, 5) is 27.0. The molecule has 0 saturated heterocycles. The summed E-state index contributed by atoms with van der Waals surface area (Å²) < 4.78 is 14.5. The van der Waals surface area contributed by atoms with Crippen LogP contribution in [-0.4, -0.2) is 22.2 Å². The highest BCUT2D eigenvalue weighted by Crippen LogP contribution is 2.20. The van der Waals surface area contributed by atoms with E-state index >= 15 is 0 Å². The van der Waals surface area contributed by atoms with E-state index in [0.29, 0.717) is 29.5 Å². The number of aryl methyl sites for hydroxylation is 1. The van der Waals surface area contributed by atoms with Gasteiger partial charge < -0.3 is 4.90 Å². The molecule has 1 amide bonds. The van der Waals surface area contributed by atoms with Gasteiger partial charge in [-0.05, 0) is 44.2 Å². The summed E-state index contributed by atoms with van der Waals surface area (Å²) in [5.74, 6) is -0.692. The molecule has 0 atom stereocenters. The Labute approximate surface area is 144 Å². The van der Waals surface area contributed by atoms with Gasteiger partial charge in [-0.1, -0.05) is 18.2 Å². The number of amides is 1. The van der Waals surface area contributed by atoms with Gasteiger partial charge in [0.05, 0.1) is 5.39 Å². The highest BCUT2D eigenvalue weighted by Gasteiger charge is 2.22. The first-order valence-corrected chi connectivity index (χ1v) is 8.14. The van der Waals surface area contributed by atoms with Gasteiger partial charge in [0.25, 0.3) is 11.5 Å². The van der Waals surface area contributed by atoms with E-state index in [2.05, 4.69) is 5.10 Å². The predicted molar refractivity (Wildman–Crippen MR) is 95.4 cm³/mol. The predicted octanol–water partition coefficient (Wildman–Crippen LogP) is 3.22. The molecule has 128 valence electrons. The van der Waals surface area contributed by atoms with E-state index in [9.17, 15) is 14.0 Å². The summed E-state index contributed by atoms with van der Waals surface area (Å²) in [5.41, 5.74) is 0.566. The average Bonchev–Trinajstić information content (AvgIpc) is 2.64. The fraction of sp³-hybridized carbons (Fsp3) is 0.211. The van der Waals surface area contributed by atoms with E-state index in [4.69, 9.17) is 0 Å². The number of nitrogens with zero attached hydrogens (tertiary/aromatic N) is 3. The zero-order valence-electron chi connectivity index (χ0n) is 14.1. The molecule has 6 heteroatoms.